The first-order chi connectivity index (χ1) is 15.1. The Kier molecular flexibility index (Phi) is 6.76. The maximum Gasteiger partial charge on any atom is 0.253 e. The number of carbonyl (C=O) groups is 2. The Morgan fingerprint density at radius 1 is 1.19 bits per heavy atom. The van der Waals surface area contributed by atoms with E-state index in [1.807, 2.05) is 31.2 Å². The minimum atomic E-state index is -0.193. The molecular weight excluding hydrogens is 412 g/mol. The molecule has 162 valence electrons. The summed E-state index contributed by atoms with van der Waals surface area (Å²) in [6.45, 7) is 2.54. The van der Waals surface area contributed by atoms with Gasteiger partial charge in [-0.1, -0.05) is 36.7 Å². The van der Waals surface area contributed by atoms with Gasteiger partial charge in [-0.15, -0.1) is 0 Å². The molecule has 2 aromatic carbocycles. The van der Waals surface area contributed by atoms with E-state index in [0.29, 0.717) is 23.0 Å². The largest absolute Gasteiger partial charge is 0.494 e. The number of anilines is 1. The van der Waals surface area contributed by atoms with Crippen molar-refractivity contribution in [3.63, 3.8) is 0 Å². The zero-order valence-corrected chi connectivity index (χ0v) is 18.3. The van der Waals surface area contributed by atoms with Crippen LogP contribution in [-0.2, 0) is 4.79 Å². The van der Waals surface area contributed by atoms with Gasteiger partial charge >= 0.3 is 0 Å². The van der Waals surface area contributed by atoms with Crippen LogP contribution in [0, 0.1) is 0 Å². The van der Waals surface area contributed by atoms with Crippen molar-refractivity contribution in [3.05, 3.63) is 48.0 Å². The molecule has 0 spiro atoms. The molecule has 1 aromatic heterocycles. The molecule has 0 aliphatic heterocycles. The number of nitrogens with one attached hydrogen (secondary N) is 3. The van der Waals surface area contributed by atoms with Gasteiger partial charge in [-0.05, 0) is 44.0 Å². The molecule has 1 heterocycles. The molecule has 3 aromatic rings. The van der Waals surface area contributed by atoms with E-state index in [0.717, 1.165) is 42.5 Å². The van der Waals surface area contributed by atoms with Gasteiger partial charge in [-0.3, -0.25) is 9.59 Å². The van der Waals surface area contributed by atoms with Crippen LogP contribution in [0.25, 0.3) is 11.0 Å². The summed E-state index contributed by atoms with van der Waals surface area (Å²) < 4.78 is 5.51. The van der Waals surface area contributed by atoms with Gasteiger partial charge in [0.15, 0.2) is 5.16 Å². The van der Waals surface area contributed by atoms with E-state index in [4.69, 9.17) is 4.74 Å². The minimum absolute atomic E-state index is 0.141. The lowest BCUT2D eigenvalue weighted by molar-refractivity contribution is -0.113. The number of aromatic nitrogens is 2. The van der Waals surface area contributed by atoms with E-state index in [1.54, 1.807) is 18.2 Å². The molecule has 1 fully saturated rings. The Bertz CT molecular complexity index is 1080. The van der Waals surface area contributed by atoms with E-state index in [2.05, 4.69) is 20.6 Å². The monoisotopic (exact) mass is 438 g/mol. The van der Waals surface area contributed by atoms with Crippen molar-refractivity contribution >= 4 is 40.3 Å². The lowest BCUT2D eigenvalue weighted by Gasteiger charge is -2.15. The predicted octanol–water partition coefficient (Wildman–Crippen LogP) is 4.36. The van der Waals surface area contributed by atoms with Crippen molar-refractivity contribution in [3.8, 4) is 5.75 Å². The van der Waals surface area contributed by atoms with E-state index < -0.39 is 0 Å². The number of carbonyl (C=O) groups excluding carboxylic acids is 2. The highest BCUT2D eigenvalue weighted by Crippen LogP contribution is 2.24. The third-order valence-corrected chi connectivity index (χ3v) is 6.09. The molecule has 2 amide bonds. The molecule has 0 unspecified atom stereocenters. The Morgan fingerprint density at radius 3 is 2.81 bits per heavy atom. The molecule has 1 aliphatic carbocycles. The molecule has 0 bridgehead atoms. The van der Waals surface area contributed by atoms with Gasteiger partial charge in [0.1, 0.15) is 5.75 Å². The van der Waals surface area contributed by atoms with E-state index in [-0.39, 0.29) is 23.6 Å². The maximum absolute atomic E-state index is 12.7. The number of para-hydroxylation sites is 1. The quantitative estimate of drug-likeness (QED) is 0.454. The standard InChI is InChI=1S/C23H26N4O3S/c1-2-30-16-11-12-19-20(13-16)27-23(26-19)31-14-21(28)25-18-10-6-5-9-17(18)22(29)24-15-7-3-4-8-15/h5-6,9-13,15H,2-4,7-8,14H2,1H3,(H,24,29)(H,25,28)(H,26,27). The Labute approximate surface area is 185 Å². The number of H-pyrrole nitrogens is 1. The number of rotatable bonds is 8. The maximum atomic E-state index is 12.7. The highest BCUT2D eigenvalue weighted by atomic mass is 32.2. The lowest BCUT2D eigenvalue weighted by atomic mass is 10.1. The number of imidazole rings is 1. The first-order valence-electron chi connectivity index (χ1n) is 10.6. The number of ether oxygens (including phenoxy) is 1. The predicted molar refractivity (Wildman–Crippen MR) is 123 cm³/mol. The van der Waals surface area contributed by atoms with Gasteiger partial charge in [0.05, 0.1) is 34.6 Å². The molecular formula is C23H26N4O3S. The minimum Gasteiger partial charge on any atom is -0.494 e. The highest BCUT2D eigenvalue weighted by Gasteiger charge is 2.20. The van der Waals surface area contributed by atoms with Crippen LogP contribution < -0.4 is 15.4 Å². The fourth-order valence-electron chi connectivity index (χ4n) is 3.73. The Morgan fingerprint density at radius 2 is 2.00 bits per heavy atom. The number of amides is 2. The van der Waals surface area contributed by atoms with Gasteiger partial charge in [0, 0.05) is 12.1 Å². The fraction of sp³-hybridized carbons (Fsp3) is 0.348. The van der Waals surface area contributed by atoms with Crippen molar-refractivity contribution < 1.29 is 14.3 Å². The van der Waals surface area contributed by atoms with E-state index in [1.165, 1.54) is 11.8 Å². The molecule has 0 atom stereocenters. The smallest absolute Gasteiger partial charge is 0.253 e. The van der Waals surface area contributed by atoms with Crippen LogP contribution in [0.5, 0.6) is 5.75 Å². The summed E-state index contributed by atoms with van der Waals surface area (Å²) in [5.41, 5.74) is 2.69. The molecule has 3 N–H and O–H groups in total. The van der Waals surface area contributed by atoms with Crippen molar-refractivity contribution in [1.82, 2.24) is 15.3 Å². The zero-order valence-electron chi connectivity index (χ0n) is 17.4. The van der Waals surface area contributed by atoms with Crippen LogP contribution in [0.2, 0.25) is 0 Å². The summed E-state index contributed by atoms with van der Waals surface area (Å²) in [6.07, 6.45) is 4.32. The first kappa shape index (κ1) is 21.2. The third kappa shape index (κ3) is 5.38. The Hall–Kier alpha value is -3.00. The SMILES string of the molecule is CCOc1ccc2nc(SCC(=O)Nc3ccccc3C(=O)NC3CCCC3)[nH]c2c1. The molecule has 8 heteroatoms. The van der Waals surface area contributed by atoms with Gasteiger partial charge in [0.2, 0.25) is 5.91 Å². The molecule has 4 rings (SSSR count). The second kappa shape index (κ2) is 9.87. The summed E-state index contributed by atoms with van der Waals surface area (Å²) in [6, 6.07) is 13.0. The van der Waals surface area contributed by atoms with Crippen LogP contribution in [0.15, 0.2) is 47.6 Å². The molecule has 1 saturated carbocycles. The van der Waals surface area contributed by atoms with Gasteiger partial charge < -0.3 is 20.4 Å². The normalized spacial score (nSPS) is 14.0. The lowest BCUT2D eigenvalue weighted by Crippen LogP contribution is -2.33. The molecule has 1 aliphatic rings. The second-order valence-corrected chi connectivity index (χ2v) is 8.46. The first-order valence-corrected chi connectivity index (χ1v) is 11.6. The average molecular weight is 439 g/mol. The van der Waals surface area contributed by atoms with Crippen LogP contribution in [0.3, 0.4) is 0 Å². The molecule has 0 radical (unpaired) electrons. The number of hydrogen-bond donors (Lipinski definition) is 3. The molecule has 31 heavy (non-hydrogen) atoms. The number of benzene rings is 2. The Balaban J connectivity index is 1.37. The molecule has 7 nitrogen and oxygen atoms in total. The van der Waals surface area contributed by atoms with Crippen molar-refractivity contribution in [2.24, 2.45) is 0 Å². The van der Waals surface area contributed by atoms with Crippen LogP contribution in [0.4, 0.5) is 5.69 Å². The average Bonchev–Trinajstić information content (AvgIpc) is 3.42. The van der Waals surface area contributed by atoms with Gasteiger partial charge in [-0.2, -0.15) is 0 Å². The van der Waals surface area contributed by atoms with Crippen molar-refractivity contribution in [2.75, 3.05) is 17.7 Å². The number of nitrogens with zero attached hydrogens (tertiary/aromatic N) is 1. The topological polar surface area (TPSA) is 96.1 Å². The van der Waals surface area contributed by atoms with Crippen LogP contribution >= 0.6 is 11.8 Å². The van der Waals surface area contributed by atoms with Crippen LogP contribution in [-0.4, -0.2) is 40.2 Å². The zero-order chi connectivity index (χ0) is 21.6. The highest BCUT2D eigenvalue weighted by molar-refractivity contribution is 7.99. The van der Waals surface area contributed by atoms with Crippen molar-refractivity contribution in [1.29, 1.82) is 0 Å². The summed E-state index contributed by atoms with van der Waals surface area (Å²) in [4.78, 5) is 32.9. The fourth-order valence-corrected chi connectivity index (χ4v) is 4.42. The second-order valence-electron chi connectivity index (χ2n) is 7.49. The number of hydrogen-bond acceptors (Lipinski definition) is 5. The van der Waals surface area contributed by atoms with Gasteiger partial charge in [-0.25, -0.2) is 4.98 Å². The van der Waals surface area contributed by atoms with Crippen molar-refractivity contribution in [2.45, 2.75) is 43.8 Å². The van der Waals surface area contributed by atoms with E-state index >= 15 is 0 Å². The van der Waals surface area contributed by atoms with Crippen LogP contribution in [0.1, 0.15) is 43.0 Å². The third-order valence-electron chi connectivity index (χ3n) is 5.22. The number of thioether (sulfide) groups is 1. The van der Waals surface area contributed by atoms with E-state index in [9.17, 15) is 9.59 Å². The number of fused-ring (bicyclic) bond motifs is 1. The summed E-state index contributed by atoms with van der Waals surface area (Å²) in [5.74, 6) is 0.622. The summed E-state index contributed by atoms with van der Waals surface area (Å²) in [5, 5.41) is 6.60. The summed E-state index contributed by atoms with van der Waals surface area (Å²) >= 11 is 1.31. The van der Waals surface area contributed by atoms with Gasteiger partial charge in [0.25, 0.3) is 5.91 Å². The summed E-state index contributed by atoms with van der Waals surface area (Å²) in [7, 11) is 0. The molecule has 0 saturated heterocycles. The number of aromatic amines is 1.